The minimum absolute atomic E-state index is 0.00268. The van der Waals surface area contributed by atoms with E-state index in [1.807, 2.05) is 31.2 Å². The van der Waals surface area contributed by atoms with E-state index in [2.05, 4.69) is 34.9 Å². The minimum Gasteiger partial charge on any atom is -0.481 e. The molecular weight excluding hydrogens is 444 g/mol. The molecule has 7 heteroatoms. The summed E-state index contributed by atoms with van der Waals surface area (Å²) in [6.07, 6.45) is 3.38. The lowest BCUT2D eigenvalue weighted by molar-refractivity contribution is -0.138. The van der Waals surface area contributed by atoms with Crippen LogP contribution in [-0.2, 0) is 14.3 Å². The standard InChI is InChI=1S/C28H34N2O5/c1-2-8-19(15-26(31)32)30-27(33)20-14-7-9-18(20)16-29-28(34)35-17-25-23-12-5-3-10-21(23)22-11-4-6-13-24(22)25/h3-6,10-13,18-20,25H,2,7-9,14-17H2,1H3,(H,29,34)(H,30,33)(H,31,32)/t18-,19?,20-/m0/s1. The Balaban J connectivity index is 1.29. The average molecular weight is 479 g/mol. The molecule has 0 saturated heterocycles. The van der Waals surface area contributed by atoms with Gasteiger partial charge >= 0.3 is 12.1 Å². The number of benzene rings is 2. The summed E-state index contributed by atoms with van der Waals surface area (Å²) in [6, 6.07) is 16.1. The number of nitrogens with one attached hydrogen (secondary N) is 2. The molecule has 2 aliphatic rings. The fraction of sp³-hybridized carbons (Fsp3) is 0.464. The number of aliphatic carboxylic acids is 1. The Labute approximate surface area is 206 Å². The minimum atomic E-state index is -0.913. The highest BCUT2D eigenvalue weighted by Gasteiger charge is 2.34. The van der Waals surface area contributed by atoms with Crippen molar-refractivity contribution in [1.29, 1.82) is 0 Å². The fourth-order valence-electron chi connectivity index (χ4n) is 5.58. The van der Waals surface area contributed by atoms with Crippen LogP contribution in [0.15, 0.2) is 48.5 Å². The first-order valence-corrected chi connectivity index (χ1v) is 12.6. The van der Waals surface area contributed by atoms with Crippen molar-refractivity contribution in [2.45, 2.75) is 57.4 Å². The third-order valence-corrected chi connectivity index (χ3v) is 7.25. The number of carbonyl (C=O) groups excluding carboxylic acids is 2. The predicted octanol–water partition coefficient (Wildman–Crippen LogP) is 4.70. The van der Waals surface area contributed by atoms with Crippen molar-refractivity contribution in [2.75, 3.05) is 13.2 Å². The first-order chi connectivity index (χ1) is 17.0. The molecule has 2 amide bonds. The maximum atomic E-state index is 12.9. The number of carboxylic acid groups (broad SMARTS) is 1. The van der Waals surface area contributed by atoms with Crippen molar-refractivity contribution in [3.8, 4) is 11.1 Å². The summed E-state index contributed by atoms with van der Waals surface area (Å²) < 4.78 is 5.62. The van der Waals surface area contributed by atoms with Crippen LogP contribution >= 0.6 is 0 Å². The number of carbonyl (C=O) groups is 3. The van der Waals surface area contributed by atoms with E-state index in [0.717, 1.165) is 36.8 Å². The normalized spacial score (nSPS) is 19.5. The summed E-state index contributed by atoms with van der Waals surface area (Å²) in [4.78, 5) is 36.5. The molecule has 2 aromatic carbocycles. The summed E-state index contributed by atoms with van der Waals surface area (Å²) in [5.41, 5.74) is 4.69. The molecule has 0 heterocycles. The molecule has 1 fully saturated rings. The molecule has 186 valence electrons. The third-order valence-electron chi connectivity index (χ3n) is 7.25. The second-order valence-electron chi connectivity index (χ2n) is 9.60. The average Bonchev–Trinajstić information content (AvgIpc) is 3.44. The van der Waals surface area contributed by atoms with Gasteiger partial charge in [0.15, 0.2) is 0 Å². The molecule has 2 aromatic rings. The fourth-order valence-corrected chi connectivity index (χ4v) is 5.58. The van der Waals surface area contributed by atoms with Gasteiger partial charge < -0.3 is 20.5 Å². The molecule has 0 aromatic heterocycles. The van der Waals surface area contributed by atoms with Crippen molar-refractivity contribution < 1.29 is 24.2 Å². The van der Waals surface area contributed by atoms with E-state index in [1.165, 1.54) is 11.1 Å². The van der Waals surface area contributed by atoms with Gasteiger partial charge in [-0.2, -0.15) is 0 Å². The van der Waals surface area contributed by atoms with E-state index in [0.29, 0.717) is 13.0 Å². The van der Waals surface area contributed by atoms with Crippen LogP contribution in [0.5, 0.6) is 0 Å². The zero-order valence-corrected chi connectivity index (χ0v) is 20.2. The van der Waals surface area contributed by atoms with Crippen molar-refractivity contribution in [3.05, 3.63) is 59.7 Å². The summed E-state index contributed by atoms with van der Waals surface area (Å²) >= 11 is 0. The van der Waals surface area contributed by atoms with Gasteiger partial charge in [-0.15, -0.1) is 0 Å². The molecular formula is C28H34N2O5. The lowest BCUT2D eigenvalue weighted by atomic mass is 9.94. The second kappa shape index (κ2) is 11.4. The molecule has 3 N–H and O–H groups in total. The molecule has 0 spiro atoms. The SMILES string of the molecule is CCCC(CC(=O)O)NC(=O)[C@H]1CCC[C@H]1CNC(=O)OCC1c2ccccc2-c2ccccc21. The first kappa shape index (κ1) is 24.8. The van der Waals surface area contributed by atoms with Gasteiger partial charge in [0.05, 0.1) is 6.42 Å². The highest BCUT2D eigenvalue weighted by Crippen LogP contribution is 2.44. The summed E-state index contributed by atoms with van der Waals surface area (Å²) in [5.74, 6) is -1.23. The quantitative estimate of drug-likeness (QED) is 0.459. The van der Waals surface area contributed by atoms with Gasteiger partial charge in [-0.25, -0.2) is 4.79 Å². The highest BCUT2D eigenvalue weighted by atomic mass is 16.5. The van der Waals surface area contributed by atoms with Crippen molar-refractivity contribution in [1.82, 2.24) is 10.6 Å². The first-order valence-electron chi connectivity index (χ1n) is 12.6. The lowest BCUT2D eigenvalue weighted by Crippen LogP contribution is -2.43. The van der Waals surface area contributed by atoms with Crippen LogP contribution in [0.3, 0.4) is 0 Å². The van der Waals surface area contributed by atoms with Crippen LogP contribution in [0.25, 0.3) is 11.1 Å². The monoisotopic (exact) mass is 478 g/mol. The second-order valence-corrected chi connectivity index (χ2v) is 9.60. The molecule has 0 radical (unpaired) electrons. The summed E-state index contributed by atoms with van der Waals surface area (Å²) in [5, 5.41) is 14.9. The van der Waals surface area contributed by atoms with Crippen LogP contribution in [-0.4, -0.2) is 42.3 Å². The molecule has 0 aliphatic heterocycles. The molecule has 1 unspecified atom stereocenters. The van der Waals surface area contributed by atoms with Gasteiger partial charge in [0.2, 0.25) is 5.91 Å². The van der Waals surface area contributed by atoms with Crippen LogP contribution < -0.4 is 10.6 Å². The number of hydrogen-bond acceptors (Lipinski definition) is 4. The smallest absolute Gasteiger partial charge is 0.407 e. The van der Waals surface area contributed by atoms with Crippen molar-refractivity contribution in [3.63, 3.8) is 0 Å². The Morgan fingerprint density at radius 2 is 1.69 bits per heavy atom. The van der Waals surface area contributed by atoms with Gasteiger partial charge in [-0.1, -0.05) is 68.3 Å². The largest absolute Gasteiger partial charge is 0.481 e. The van der Waals surface area contributed by atoms with E-state index < -0.39 is 12.1 Å². The summed E-state index contributed by atoms with van der Waals surface area (Å²) in [6.45, 7) is 2.59. The highest BCUT2D eigenvalue weighted by molar-refractivity contribution is 5.81. The van der Waals surface area contributed by atoms with Crippen molar-refractivity contribution in [2.24, 2.45) is 11.8 Å². The van der Waals surface area contributed by atoms with E-state index in [4.69, 9.17) is 9.84 Å². The predicted molar refractivity (Wildman–Crippen MR) is 133 cm³/mol. The maximum absolute atomic E-state index is 12.9. The molecule has 7 nitrogen and oxygen atoms in total. The summed E-state index contributed by atoms with van der Waals surface area (Å²) in [7, 11) is 0. The van der Waals surface area contributed by atoms with Gasteiger partial charge in [-0.05, 0) is 47.4 Å². The van der Waals surface area contributed by atoms with E-state index >= 15 is 0 Å². The van der Waals surface area contributed by atoms with Crippen LogP contribution in [0.1, 0.15) is 62.5 Å². The third kappa shape index (κ3) is 5.84. The number of carboxylic acids is 1. The van der Waals surface area contributed by atoms with Gasteiger partial charge in [0.25, 0.3) is 0 Å². The van der Waals surface area contributed by atoms with Crippen molar-refractivity contribution >= 4 is 18.0 Å². The molecule has 3 atom stereocenters. The van der Waals surface area contributed by atoms with Gasteiger partial charge in [-0.3, -0.25) is 9.59 Å². The Morgan fingerprint density at radius 3 is 2.31 bits per heavy atom. The zero-order chi connectivity index (χ0) is 24.8. The Hall–Kier alpha value is -3.35. The Kier molecular flexibility index (Phi) is 8.06. The van der Waals surface area contributed by atoms with E-state index in [1.54, 1.807) is 0 Å². The molecule has 2 aliphatic carbocycles. The van der Waals surface area contributed by atoms with E-state index in [9.17, 15) is 14.4 Å². The molecule has 4 rings (SSSR count). The van der Waals surface area contributed by atoms with Crippen LogP contribution in [0.2, 0.25) is 0 Å². The van der Waals surface area contributed by atoms with Crippen LogP contribution in [0.4, 0.5) is 4.79 Å². The van der Waals surface area contributed by atoms with Gasteiger partial charge in [0.1, 0.15) is 6.61 Å². The van der Waals surface area contributed by atoms with Crippen LogP contribution in [0, 0.1) is 11.8 Å². The zero-order valence-electron chi connectivity index (χ0n) is 20.2. The molecule has 35 heavy (non-hydrogen) atoms. The Bertz CT molecular complexity index is 1020. The van der Waals surface area contributed by atoms with E-state index in [-0.39, 0.29) is 42.7 Å². The number of amides is 2. The molecule has 1 saturated carbocycles. The number of rotatable bonds is 10. The Morgan fingerprint density at radius 1 is 1.03 bits per heavy atom. The number of ether oxygens (including phenoxy) is 1. The number of hydrogen-bond donors (Lipinski definition) is 3. The lowest BCUT2D eigenvalue weighted by Gasteiger charge is -2.23. The molecule has 0 bridgehead atoms. The maximum Gasteiger partial charge on any atom is 0.407 e. The number of alkyl carbamates (subject to hydrolysis) is 1. The van der Waals surface area contributed by atoms with Gasteiger partial charge in [0, 0.05) is 24.4 Å². The number of fused-ring (bicyclic) bond motifs is 3. The topological polar surface area (TPSA) is 105 Å².